The highest BCUT2D eigenvalue weighted by Gasteiger charge is 2.16. The molecule has 19 heavy (non-hydrogen) atoms. The fourth-order valence-electron chi connectivity index (χ4n) is 2.06. The second kappa shape index (κ2) is 5.61. The summed E-state index contributed by atoms with van der Waals surface area (Å²) in [5.41, 5.74) is 9.46. The maximum Gasteiger partial charge on any atom is 0.129 e. The molecular weight excluding hydrogens is 329 g/mol. The average Bonchev–Trinajstić information content (AvgIpc) is 2.33. The zero-order valence-electron chi connectivity index (χ0n) is 10.7. The second-order valence-electron chi connectivity index (χ2n) is 4.60. The molecule has 1 unspecified atom stereocenters. The van der Waals surface area contributed by atoms with E-state index >= 15 is 0 Å². The standard InChI is InChI=1S/C15H14BrClFN/c1-8-6-13(17)9(2)5-12(8)15(19)11-4-3-10(16)7-14(11)18/h3-7,15H,19H2,1-2H3. The summed E-state index contributed by atoms with van der Waals surface area (Å²) in [6.45, 7) is 3.84. The Labute approximate surface area is 125 Å². The maximum atomic E-state index is 14.0. The van der Waals surface area contributed by atoms with Gasteiger partial charge in [-0.25, -0.2) is 4.39 Å². The molecule has 2 N–H and O–H groups in total. The van der Waals surface area contributed by atoms with Gasteiger partial charge in [0.15, 0.2) is 0 Å². The van der Waals surface area contributed by atoms with Crippen LogP contribution in [0.2, 0.25) is 5.02 Å². The molecule has 1 nitrogen and oxygen atoms in total. The van der Waals surface area contributed by atoms with Gasteiger partial charge in [-0.1, -0.05) is 39.7 Å². The largest absolute Gasteiger partial charge is 0.320 e. The van der Waals surface area contributed by atoms with E-state index < -0.39 is 6.04 Å². The Kier molecular flexibility index (Phi) is 4.29. The molecule has 0 aliphatic rings. The number of hydrogen-bond acceptors (Lipinski definition) is 1. The number of benzene rings is 2. The molecule has 100 valence electrons. The lowest BCUT2D eigenvalue weighted by atomic mass is 9.94. The molecule has 0 amide bonds. The molecule has 0 saturated heterocycles. The van der Waals surface area contributed by atoms with Gasteiger partial charge in [0.1, 0.15) is 5.82 Å². The van der Waals surface area contributed by atoms with Crippen LogP contribution >= 0.6 is 27.5 Å². The van der Waals surface area contributed by atoms with E-state index in [-0.39, 0.29) is 5.82 Å². The van der Waals surface area contributed by atoms with Crippen molar-refractivity contribution in [2.24, 2.45) is 5.73 Å². The van der Waals surface area contributed by atoms with Gasteiger partial charge >= 0.3 is 0 Å². The monoisotopic (exact) mass is 341 g/mol. The Bertz CT molecular complexity index is 628. The molecular formula is C15H14BrClFN. The van der Waals surface area contributed by atoms with Crippen LogP contribution in [0.1, 0.15) is 28.3 Å². The first-order valence-electron chi connectivity index (χ1n) is 5.87. The van der Waals surface area contributed by atoms with Crippen molar-refractivity contribution in [3.05, 3.63) is 67.9 Å². The van der Waals surface area contributed by atoms with Crippen LogP contribution in [0, 0.1) is 19.7 Å². The summed E-state index contributed by atoms with van der Waals surface area (Å²) < 4.78 is 14.7. The number of rotatable bonds is 2. The highest BCUT2D eigenvalue weighted by molar-refractivity contribution is 9.10. The van der Waals surface area contributed by atoms with E-state index in [1.54, 1.807) is 12.1 Å². The summed E-state index contributed by atoms with van der Waals surface area (Å²) in [5, 5.41) is 0.699. The predicted octanol–water partition coefficient (Wildman–Crippen LogP) is 4.91. The quantitative estimate of drug-likeness (QED) is 0.825. The maximum absolute atomic E-state index is 14.0. The lowest BCUT2D eigenvalue weighted by molar-refractivity contribution is 0.598. The van der Waals surface area contributed by atoms with Crippen molar-refractivity contribution < 1.29 is 4.39 Å². The van der Waals surface area contributed by atoms with Crippen LogP contribution in [0.25, 0.3) is 0 Å². The van der Waals surface area contributed by atoms with Crippen LogP contribution in [0.3, 0.4) is 0 Å². The smallest absolute Gasteiger partial charge is 0.129 e. The summed E-state index contributed by atoms with van der Waals surface area (Å²) in [6.07, 6.45) is 0. The van der Waals surface area contributed by atoms with Gasteiger partial charge in [-0.3, -0.25) is 0 Å². The Balaban J connectivity index is 2.49. The van der Waals surface area contributed by atoms with Crippen molar-refractivity contribution in [2.75, 3.05) is 0 Å². The predicted molar refractivity (Wildman–Crippen MR) is 81.1 cm³/mol. The van der Waals surface area contributed by atoms with Crippen molar-refractivity contribution in [1.82, 2.24) is 0 Å². The minimum absolute atomic E-state index is 0.311. The van der Waals surface area contributed by atoms with Crippen LogP contribution in [0.15, 0.2) is 34.8 Å². The van der Waals surface area contributed by atoms with Crippen molar-refractivity contribution in [1.29, 1.82) is 0 Å². The number of halogens is 3. The fourth-order valence-corrected chi connectivity index (χ4v) is 2.61. The Morgan fingerprint density at radius 2 is 1.79 bits per heavy atom. The summed E-state index contributed by atoms with van der Waals surface area (Å²) in [7, 11) is 0. The second-order valence-corrected chi connectivity index (χ2v) is 5.92. The van der Waals surface area contributed by atoms with Crippen molar-refractivity contribution >= 4 is 27.5 Å². The summed E-state index contributed by atoms with van der Waals surface area (Å²) in [5.74, 6) is -0.311. The first-order valence-corrected chi connectivity index (χ1v) is 7.04. The lowest BCUT2D eigenvalue weighted by Crippen LogP contribution is -2.15. The normalized spacial score (nSPS) is 12.5. The third-order valence-corrected chi connectivity index (χ3v) is 4.08. The van der Waals surface area contributed by atoms with Gasteiger partial charge in [0, 0.05) is 15.1 Å². The number of nitrogens with two attached hydrogens (primary N) is 1. The van der Waals surface area contributed by atoms with Gasteiger partial charge in [-0.2, -0.15) is 0 Å². The van der Waals surface area contributed by atoms with Gasteiger partial charge in [-0.05, 0) is 48.7 Å². The highest BCUT2D eigenvalue weighted by atomic mass is 79.9. The summed E-state index contributed by atoms with van der Waals surface area (Å²) in [4.78, 5) is 0. The van der Waals surface area contributed by atoms with Crippen LogP contribution in [-0.2, 0) is 0 Å². The molecule has 4 heteroatoms. The lowest BCUT2D eigenvalue weighted by Gasteiger charge is -2.17. The third kappa shape index (κ3) is 2.99. The van der Waals surface area contributed by atoms with Crippen molar-refractivity contribution in [2.45, 2.75) is 19.9 Å². The van der Waals surface area contributed by atoms with Crippen LogP contribution < -0.4 is 5.73 Å². The molecule has 0 radical (unpaired) electrons. The van der Waals surface area contributed by atoms with E-state index in [1.807, 2.05) is 26.0 Å². The molecule has 0 aliphatic heterocycles. The first kappa shape index (κ1) is 14.5. The van der Waals surface area contributed by atoms with Crippen molar-refractivity contribution in [3.63, 3.8) is 0 Å². The minimum Gasteiger partial charge on any atom is -0.320 e. The number of hydrogen-bond donors (Lipinski definition) is 1. The Morgan fingerprint density at radius 3 is 2.42 bits per heavy atom. The van der Waals surface area contributed by atoms with E-state index in [0.717, 1.165) is 16.7 Å². The van der Waals surface area contributed by atoms with Crippen molar-refractivity contribution in [3.8, 4) is 0 Å². The van der Waals surface area contributed by atoms with E-state index in [4.69, 9.17) is 17.3 Å². The van der Waals surface area contributed by atoms with Gasteiger partial charge in [0.05, 0.1) is 6.04 Å². The van der Waals surface area contributed by atoms with E-state index in [0.29, 0.717) is 15.1 Å². The SMILES string of the molecule is Cc1cc(C(N)c2ccc(Br)cc2F)c(C)cc1Cl. The Morgan fingerprint density at radius 1 is 1.11 bits per heavy atom. The van der Waals surface area contributed by atoms with Crippen LogP contribution in [0.5, 0.6) is 0 Å². The molecule has 0 aliphatic carbocycles. The molecule has 0 aromatic heterocycles. The number of aryl methyl sites for hydroxylation is 2. The topological polar surface area (TPSA) is 26.0 Å². The first-order chi connectivity index (χ1) is 8.90. The van der Waals surface area contributed by atoms with E-state index in [9.17, 15) is 4.39 Å². The fraction of sp³-hybridized carbons (Fsp3) is 0.200. The van der Waals surface area contributed by atoms with Gasteiger partial charge in [-0.15, -0.1) is 0 Å². The molecule has 2 rings (SSSR count). The molecule has 1 atom stereocenters. The van der Waals surface area contributed by atoms with Gasteiger partial charge in [0.25, 0.3) is 0 Å². The molecule has 0 heterocycles. The van der Waals surface area contributed by atoms with Gasteiger partial charge in [0.2, 0.25) is 0 Å². The Hall–Kier alpha value is -0.900. The molecule has 2 aromatic carbocycles. The zero-order chi connectivity index (χ0) is 14.2. The third-order valence-electron chi connectivity index (χ3n) is 3.18. The van der Waals surface area contributed by atoms with E-state index in [2.05, 4.69) is 15.9 Å². The minimum atomic E-state index is -0.496. The van der Waals surface area contributed by atoms with Gasteiger partial charge < -0.3 is 5.73 Å². The summed E-state index contributed by atoms with van der Waals surface area (Å²) >= 11 is 9.31. The zero-order valence-corrected chi connectivity index (χ0v) is 13.0. The summed E-state index contributed by atoms with van der Waals surface area (Å²) in [6, 6.07) is 8.20. The van der Waals surface area contributed by atoms with Crippen LogP contribution in [-0.4, -0.2) is 0 Å². The highest BCUT2D eigenvalue weighted by Crippen LogP contribution is 2.29. The molecule has 0 saturated carbocycles. The average molecular weight is 343 g/mol. The molecule has 2 aromatic rings. The van der Waals surface area contributed by atoms with E-state index in [1.165, 1.54) is 6.07 Å². The van der Waals surface area contributed by atoms with Crippen LogP contribution in [0.4, 0.5) is 4.39 Å². The molecule has 0 spiro atoms. The molecule has 0 bridgehead atoms. The molecule has 0 fully saturated rings.